The predicted molar refractivity (Wildman–Crippen MR) is 244 cm³/mol. The van der Waals surface area contributed by atoms with E-state index in [4.69, 9.17) is 14.5 Å². The summed E-state index contributed by atoms with van der Waals surface area (Å²) in [5.74, 6) is -0.514. The van der Waals surface area contributed by atoms with E-state index in [1.807, 2.05) is 85.1 Å². The van der Waals surface area contributed by atoms with Gasteiger partial charge in [0.05, 0.1) is 22.5 Å². The number of likely N-dealkylation sites (tertiary alicyclic amines) is 1. The lowest BCUT2D eigenvalue weighted by Crippen LogP contribution is -2.50. The molecule has 0 bridgehead atoms. The smallest absolute Gasteiger partial charge is 0.407 e. The first-order valence-corrected chi connectivity index (χ1v) is 22.0. The first-order chi connectivity index (χ1) is 30.7. The Balaban J connectivity index is 1.01. The topological polar surface area (TPSA) is 208 Å². The van der Waals surface area contributed by atoms with Gasteiger partial charge in [-0.25, -0.2) is 24.2 Å². The number of unbranched alkanes of at least 4 members (excludes halogenated alkanes) is 1. The van der Waals surface area contributed by atoms with Crippen molar-refractivity contribution in [2.24, 2.45) is 0 Å². The number of nitrogens with zero attached hydrogens (tertiary/aromatic N) is 3. The van der Waals surface area contributed by atoms with E-state index in [0.717, 1.165) is 33.1 Å². The highest BCUT2D eigenvalue weighted by molar-refractivity contribution is 5.91. The molecule has 3 aromatic heterocycles. The van der Waals surface area contributed by atoms with Gasteiger partial charge in [0.1, 0.15) is 24.1 Å². The third-order valence-electron chi connectivity index (χ3n) is 11.7. The number of carbonyl (C=O) groups excluding carboxylic acids is 4. The van der Waals surface area contributed by atoms with Crippen LogP contribution in [0.15, 0.2) is 96.1 Å². The fourth-order valence-electron chi connectivity index (χ4n) is 8.09. The van der Waals surface area contributed by atoms with Crippen LogP contribution in [0.2, 0.25) is 0 Å². The maximum Gasteiger partial charge on any atom is 0.407 e. The number of para-hydroxylation sites is 3. The number of imidazole rings is 2. The molecule has 0 saturated carbocycles. The molecule has 338 valence electrons. The number of nitrogens with one attached hydrogen (secondary N) is 6. The summed E-state index contributed by atoms with van der Waals surface area (Å²) < 4.78 is 12.8. The Morgan fingerprint density at radius 3 is 2.31 bits per heavy atom. The number of piperidine rings is 1. The second-order valence-electron chi connectivity index (χ2n) is 18.0. The molecule has 0 radical (unpaired) electrons. The van der Waals surface area contributed by atoms with Crippen LogP contribution in [0.25, 0.3) is 21.9 Å². The first-order valence-electron chi connectivity index (χ1n) is 22.0. The Bertz CT molecular complexity index is 2610. The van der Waals surface area contributed by atoms with Gasteiger partial charge in [0.2, 0.25) is 5.91 Å². The van der Waals surface area contributed by atoms with Crippen molar-refractivity contribution in [3.05, 3.63) is 124 Å². The number of esters is 1. The summed E-state index contributed by atoms with van der Waals surface area (Å²) in [4.78, 5) is 82.9. The zero-order chi connectivity index (χ0) is 45.4. The molecular weight excluding hydrogens is 815 g/mol. The largest absolute Gasteiger partial charge is 0.458 e. The lowest BCUT2D eigenvalue weighted by atomic mass is 9.88. The first kappa shape index (κ1) is 45.2. The summed E-state index contributed by atoms with van der Waals surface area (Å²) in [6, 6.07) is 23.1. The lowest BCUT2D eigenvalue weighted by molar-refractivity contribution is -0.159. The Hall–Kier alpha value is -6.84. The van der Waals surface area contributed by atoms with Crippen LogP contribution in [-0.2, 0) is 37.5 Å². The van der Waals surface area contributed by atoms with Crippen molar-refractivity contribution < 1.29 is 28.7 Å². The standard InChI is InChI=1S/C48H59N9O7/c1-47(2,3)64-42(58)37(20-13-14-24-49-46(62)63-30-31-15-7-6-8-16-31)52-43(59)48(4,5)40-29-51-41(55-40)38(27-32-28-50-35-18-10-9-17-34(32)35)54-44(60)56-25-22-33(23-26-56)57-39-21-12-11-19-36(39)53-45(57)61/h6-12,15-19,21,28-29,33,37-38,50H,13-14,20,22-27,30H2,1-5H3,(H,49,62)(H,51,55)(H,52,59)(H,53,61)(H,54,60). The van der Waals surface area contributed by atoms with Gasteiger partial charge < -0.3 is 45.3 Å². The Morgan fingerprint density at radius 2 is 1.56 bits per heavy atom. The van der Waals surface area contributed by atoms with Crippen LogP contribution in [0, 0.1) is 0 Å². The molecule has 0 aliphatic carbocycles. The van der Waals surface area contributed by atoms with Crippen molar-refractivity contribution >= 4 is 45.9 Å². The quantitative estimate of drug-likeness (QED) is 0.0437. The second kappa shape index (κ2) is 19.7. The molecule has 6 aromatic rings. The third kappa shape index (κ3) is 11.0. The zero-order valence-corrected chi connectivity index (χ0v) is 37.2. The summed E-state index contributed by atoms with van der Waals surface area (Å²) in [5.41, 5.74) is 2.83. The van der Waals surface area contributed by atoms with Crippen LogP contribution in [0.1, 0.15) is 101 Å². The van der Waals surface area contributed by atoms with E-state index in [1.165, 1.54) is 0 Å². The minimum Gasteiger partial charge on any atom is -0.458 e. The molecule has 0 spiro atoms. The molecule has 4 heterocycles. The number of carbonyl (C=O) groups is 4. The molecule has 6 N–H and O–H groups in total. The number of H-pyrrole nitrogens is 3. The molecule has 4 amide bonds. The van der Waals surface area contributed by atoms with Crippen LogP contribution < -0.4 is 21.6 Å². The molecule has 1 saturated heterocycles. The number of aromatic nitrogens is 5. The van der Waals surface area contributed by atoms with Crippen molar-refractivity contribution in [2.45, 2.75) is 109 Å². The molecule has 64 heavy (non-hydrogen) atoms. The van der Waals surface area contributed by atoms with Crippen molar-refractivity contribution in [2.75, 3.05) is 19.6 Å². The van der Waals surface area contributed by atoms with E-state index in [-0.39, 0.29) is 30.8 Å². The maximum absolute atomic E-state index is 14.1. The second-order valence-corrected chi connectivity index (χ2v) is 18.0. The Morgan fingerprint density at radius 1 is 0.859 bits per heavy atom. The zero-order valence-electron chi connectivity index (χ0n) is 37.2. The highest BCUT2D eigenvalue weighted by Gasteiger charge is 2.37. The highest BCUT2D eigenvalue weighted by atomic mass is 16.6. The van der Waals surface area contributed by atoms with E-state index >= 15 is 0 Å². The van der Waals surface area contributed by atoms with Crippen molar-refractivity contribution in [3.63, 3.8) is 0 Å². The molecule has 2 unspecified atom stereocenters. The van der Waals surface area contributed by atoms with Gasteiger partial charge in [0.15, 0.2) is 0 Å². The van der Waals surface area contributed by atoms with Gasteiger partial charge in [-0.3, -0.25) is 9.36 Å². The van der Waals surface area contributed by atoms with Gasteiger partial charge in [-0.05, 0) is 96.0 Å². The van der Waals surface area contributed by atoms with Gasteiger partial charge in [0, 0.05) is 61.1 Å². The molecular formula is C48H59N9O7. The monoisotopic (exact) mass is 873 g/mol. The predicted octanol–water partition coefficient (Wildman–Crippen LogP) is 7.07. The average molecular weight is 874 g/mol. The normalized spacial score (nSPS) is 14.5. The summed E-state index contributed by atoms with van der Waals surface area (Å²) >= 11 is 0. The fourth-order valence-corrected chi connectivity index (χ4v) is 8.09. The van der Waals surface area contributed by atoms with E-state index in [2.05, 4.69) is 30.9 Å². The maximum atomic E-state index is 14.1. The van der Waals surface area contributed by atoms with Crippen LogP contribution in [0.3, 0.4) is 0 Å². The number of aromatic amines is 3. The van der Waals surface area contributed by atoms with E-state index in [1.54, 1.807) is 50.3 Å². The molecule has 1 fully saturated rings. The number of hydrogen-bond acceptors (Lipinski definition) is 8. The van der Waals surface area contributed by atoms with Crippen molar-refractivity contribution in [1.29, 1.82) is 0 Å². The summed E-state index contributed by atoms with van der Waals surface area (Å²) in [6.07, 6.45) is 5.94. The minimum absolute atomic E-state index is 0.0520. The lowest BCUT2D eigenvalue weighted by Gasteiger charge is -2.33. The number of fused-ring (bicyclic) bond motifs is 2. The average Bonchev–Trinajstić information content (AvgIpc) is 4.02. The molecule has 1 aliphatic heterocycles. The highest BCUT2D eigenvalue weighted by Crippen LogP contribution is 2.29. The SMILES string of the molecule is CC(C)(C)OC(=O)C(CCCCNC(=O)OCc1ccccc1)NC(=O)C(C)(C)c1cnc(C(Cc2c[nH]c3ccccc23)NC(=O)N2CCC(n3c(=O)[nH]c4ccccc43)CC2)[nH]1. The number of alkyl carbamates (subject to hydrolysis) is 1. The molecule has 16 nitrogen and oxygen atoms in total. The van der Waals surface area contributed by atoms with E-state index in [0.29, 0.717) is 63.3 Å². The number of rotatable bonds is 16. The fraction of sp³-hybridized carbons (Fsp3) is 0.417. The molecule has 7 rings (SSSR count). The number of hydrogen-bond donors (Lipinski definition) is 6. The molecule has 2 atom stereocenters. The van der Waals surface area contributed by atoms with Gasteiger partial charge >= 0.3 is 23.8 Å². The van der Waals surface area contributed by atoms with E-state index < -0.39 is 41.1 Å². The van der Waals surface area contributed by atoms with Crippen molar-refractivity contribution in [1.82, 2.24) is 45.4 Å². The number of amides is 4. The summed E-state index contributed by atoms with van der Waals surface area (Å²) in [5, 5.41) is 9.92. The third-order valence-corrected chi connectivity index (χ3v) is 11.7. The minimum atomic E-state index is -1.19. The van der Waals surface area contributed by atoms with Crippen LogP contribution in [0.4, 0.5) is 9.59 Å². The number of benzene rings is 3. The molecule has 16 heteroatoms. The summed E-state index contributed by atoms with van der Waals surface area (Å²) in [6.45, 7) is 10.2. The van der Waals surface area contributed by atoms with Crippen LogP contribution in [-0.4, -0.2) is 84.7 Å². The van der Waals surface area contributed by atoms with Crippen LogP contribution in [0.5, 0.6) is 0 Å². The Kier molecular flexibility index (Phi) is 13.9. The van der Waals surface area contributed by atoms with Crippen LogP contribution >= 0.6 is 0 Å². The van der Waals surface area contributed by atoms with Gasteiger partial charge in [-0.2, -0.15) is 0 Å². The van der Waals surface area contributed by atoms with Crippen molar-refractivity contribution in [3.8, 4) is 0 Å². The van der Waals surface area contributed by atoms with Gasteiger partial charge in [-0.15, -0.1) is 0 Å². The summed E-state index contributed by atoms with van der Waals surface area (Å²) in [7, 11) is 0. The number of ether oxygens (including phenoxy) is 2. The molecule has 3 aromatic carbocycles. The van der Waals surface area contributed by atoms with Gasteiger partial charge in [-0.1, -0.05) is 60.7 Å². The molecule has 1 aliphatic rings. The Labute approximate surface area is 371 Å². The van der Waals surface area contributed by atoms with Gasteiger partial charge in [0.25, 0.3) is 0 Å². The number of urea groups is 1. The van der Waals surface area contributed by atoms with E-state index in [9.17, 15) is 24.0 Å².